The highest BCUT2D eigenvalue weighted by Gasteiger charge is 2.19. The summed E-state index contributed by atoms with van der Waals surface area (Å²) in [5, 5.41) is 10.7. The zero-order valence-corrected chi connectivity index (χ0v) is 17.4. The number of benzene rings is 2. The smallest absolute Gasteiger partial charge is 0.322 e. The van der Waals surface area contributed by atoms with Crippen molar-refractivity contribution in [2.75, 3.05) is 17.7 Å². The predicted molar refractivity (Wildman–Crippen MR) is 112 cm³/mol. The number of carbonyl (C=O) groups is 1. The van der Waals surface area contributed by atoms with Crippen molar-refractivity contribution in [2.45, 2.75) is 18.2 Å². The highest BCUT2D eigenvalue weighted by atomic mass is 32.2. The van der Waals surface area contributed by atoms with Crippen LogP contribution in [0.5, 0.6) is 5.75 Å². The molecule has 31 heavy (non-hydrogen) atoms. The Balaban J connectivity index is 1.42. The van der Waals surface area contributed by atoms with Crippen molar-refractivity contribution in [2.24, 2.45) is 0 Å². The average Bonchev–Trinajstić information content (AvgIpc) is 3.41. The van der Waals surface area contributed by atoms with Gasteiger partial charge < -0.3 is 13.6 Å². The van der Waals surface area contributed by atoms with Gasteiger partial charge in [-0.15, -0.1) is 5.10 Å². The van der Waals surface area contributed by atoms with Crippen LogP contribution in [-0.4, -0.2) is 36.9 Å². The van der Waals surface area contributed by atoms with Gasteiger partial charge in [-0.05, 0) is 31.2 Å². The Morgan fingerprint density at radius 1 is 1.06 bits per heavy atom. The van der Waals surface area contributed by atoms with Crippen LogP contribution in [0.15, 0.2) is 68.3 Å². The number of ether oxygens (including phenoxy) is 1. The van der Waals surface area contributed by atoms with Crippen LogP contribution >= 0.6 is 0 Å². The van der Waals surface area contributed by atoms with Gasteiger partial charge in [0.15, 0.2) is 26.9 Å². The van der Waals surface area contributed by atoms with E-state index in [-0.39, 0.29) is 34.7 Å². The minimum Gasteiger partial charge on any atom is -0.490 e. The third kappa shape index (κ3) is 4.58. The van der Waals surface area contributed by atoms with Gasteiger partial charge in [-0.3, -0.25) is 10.1 Å². The number of hydrogen-bond acceptors (Lipinski definition) is 8. The lowest BCUT2D eigenvalue weighted by atomic mass is 10.2. The molecule has 9 nitrogen and oxygen atoms in total. The largest absolute Gasteiger partial charge is 0.490 e. The van der Waals surface area contributed by atoms with Gasteiger partial charge in [0, 0.05) is 11.8 Å². The minimum atomic E-state index is -3.48. The number of amides is 1. The van der Waals surface area contributed by atoms with Crippen LogP contribution in [0.25, 0.3) is 11.0 Å². The number of aryl methyl sites for hydroxylation is 1. The van der Waals surface area contributed by atoms with Gasteiger partial charge >= 0.3 is 6.01 Å². The fraction of sp³-hybridized carbons (Fsp3) is 0.190. The second kappa shape index (κ2) is 8.60. The maximum Gasteiger partial charge on any atom is 0.322 e. The van der Waals surface area contributed by atoms with E-state index in [9.17, 15) is 13.2 Å². The summed E-state index contributed by atoms with van der Waals surface area (Å²) in [7, 11) is -3.48. The summed E-state index contributed by atoms with van der Waals surface area (Å²) in [5.74, 6) is -0.0905. The number of sulfone groups is 1. The first-order valence-corrected chi connectivity index (χ1v) is 11.2. The van der Waals surface area contributed by atoms with E-state index in [1.807, 2.05) is 6.92 Å². The van der Waals surface area contributed by atoms with Crippen LogP contribution in [0.4, 0.5) is 6.01 Å². The van der Waals surface area contributed by atoms with Gasteiger partial charge in [-0.1, -0.05) is 35.4 Å². The standard InChI is InChI=1S/C21H19N3O6S/c1-2-28-16-10-6-7-14-13-17(29-19(14)16)20(25)22-21-24-23-18(30-21)11-12-31(26,27)15-8-4-3-5-9-15/h3-10,13H,2,11-12H2,1H3,(H,22,24,25). The predicted octanol–water partition coefficient (Wildman–Crippen LogP) is 3.48. The third-order valence-corrected chi connectivity index (χ3v) is 6.14. The van der Waals surface area contributed by atoms with E-state index in [0.29, 0.717) is 23.3 Å². The summed E-state index contributed by atoms with van der Waals surface area (Å²) >= 11 is 0. The van der Waals surface area contributed by atoms with Gasteiger partial charge in [0.2, 0.25) is 5.89 Å². The van der Waals surface area contributed by atoms with E-state index in [1.165, 1.54) is 12.1 Å². The highest BCUT2D eigenvalue weighted by Crippen LogP contribution is 2.29. The maximum atomic E-state index is 12.5. The molecule has 160 valence electrons. The average molecular weight is 441 g/mol. The van der Waals surface area contributed by atoms with Crippen molar-refractivity contribution in [3.05, 3.63) is 66.2 Å². The lowest BCUT2D eigenvalue weighted by molar-refractivity contribution is 0.0995. The number of furan rings is 1. The molecule has 2 heterocycles. The Kier molecular flexibility index (Phi) is 5.72. The number of hydrogen-bond donors (Lipinski definition) is 1. The van der Waals surface area contributed by atoms with E-state index >= 15 is 0 Å². The van der Waals surface area contributed by atoms with E-state index in [0.717, 1.165) is 0 Å². The fourth-order valence-electron chi connectivity index (χ4n) is 2.95. The molecule has 0 atom stereocenters. The molecule has 0 aliphatic heterocycles. The van der Waals surface area contributed by atoms with Gasteiger partial charge in [0.1, 0.15) is 0 Å². The topological polar surface area (TPSA) is 125 Å². The second-order valence-electron chi connectivity index (χ2n) is 6.56. The van der Waals surface area contributed by atoms with Crippen LogP contribution in [0.1, 0.15) is 23.4 Å². The lowest BCUT2D eigenvalue weighted by Gasteiger charge is -2.02. The number of fused-ring (bicyclic) bond motifs is 1. The maximum absolute atomic E-state index is 12.5. The summed E-state index contributed by atoms with van der Waals surface area (Å²) in [6.45, 7) is 2.32. The quantitative estimate of drug-likeness (QED) is 0.441. The Hall–Kier alpha value is -3.66. The molecule has 0 saturated heterocycles. The Morgan fingerprint density at radius 2 is 1.87 bits per heavy atom. The summed E-state index contributed by atoms with van der Waals surface area (Å²) in [6, 6.07) is 14.9. The Labute approximate surface area is 177 Å². The minimum absolute atomic E-state index is 0.0163. The zero-order valence-electron chi connectivity index (χ0n) is 16.6. The van der Waals surface area contributed by atoms with Crippen LogP contribution in [-0.2, 0) is 16.3 Å². The van der Waals surface area contributed by atoms with Crippen LogP contribution < -0.4 is 10.1 Å². The van der Waals surface area contributed by atoms with Crippen molar-refractivity contribution in [3.8, 4) is 5.75 Å². The van der Waals surface area contributed by atoms with Crippen molar-refractivity contribution >= 4 is 32.7 Å². The number of carbonyl (C=O) groups excluding carboxylic acids is 1. The number of rotatable bonds is 8. The Morgan fingerprint density at radius 3 is 2.65 bits per heavy atom. The molecule has 1 amide bonds. The molecule has 2 aromatic carbocycles. The SMILES string of the molecule is CCOc1cccc2cc(C(=O)Nc3nnc(CCS(=O)(=O)c4ccccc4)o3)oc12. The van der Waals surface area contributed by atoms with Gasteiger partial charge in [0.05, 0.1) is 17.3 Å². The summed E-state index contributed by atoms with van der Waals surface area (Å²) in [4.78, 5) is 12.7. The molecule has 1 N–H and O–H groups in total. The van der Waals surface area contributed by atoms with Gasteiger partial charge in [-0.25, -0.2) is 8.42 Å². The van der Waals surface area contributed by atoms with Crippen molar-refractivity contribution in [1.82, 2.24) is 10.2 Å². The lowest BCUT2D eigenvalue weighted by Crippen LogP contribution is -2.11. The van der Waals surface area contributed by atoms with Crippen molar-refractivity contribution in [3.63, 3.8) is 0 Å². The molecule has 0 radical (unpaired) electrons. The summed E-state index contributed by atoms with van der Waals surface area (Å²) < 4.78 is 41.2. The first-order chi connectivity index (χ1) is 15.0. The van der Waals surface area contributed by atoms with E-state index < -0.39 is 15.7 Å². The molecular weight excluding hydrogens is 422 g/mol. The molecular formula is C21H19N3O6S. The molecule has 0 aliphatic carbocycles. The van der Waals surface area contributed by atoms with Gasteiger partial charge in [-0.2, -0.15) is 0 Å². The van der Waals surface area contributed by atoms with E-state index in [4.69, 9.17) is 13.6 Å². The number of anilines is 1. The molecule has 4 rings (SSSR count). The van der Waals surface area contributed by atoms with E-state index in [2.05, 4.69) is 15.5 Å². The summed E-state index contributed by atoms with van der Waals surface area (Å²) in [6.07, 6.45) is 0.0163. The third-order valence-electron chi connectivity index (χ3n) is 4.41. The van der Waals surface area contributed by atoms with Gasteiger partial charge in [0.25, 0.3) is 5.91 Å². The van der Waals surface area contributed by atoms with Crippen LogP contribution in [0.3, 0.4) is 0 Å². The Bertz CT molecular complexity index is 1310. The first-order valence-electron chi connectivity index (χ1n) is 9.53. The summed E-state index contributed by atoms with van der Waals surface area (Å²) in [5.41, 5.74) is 0.465. The van der Waals surface area contributed by atoms with Crippen molar-refractivity contribution < 1.29 is 26.8 Å². The number of nitrogens with one attached hydrogen (secondary N) is 1. The monoisotopic (exact) mass is 441 g/mol. The normalized spacial score (nSPS) is 11.5. The molecule has 0 fully saturated rings. The number of aromatic nitrogens is 2. The fourth-order valence-corrected chi connectivity index (χ4v) is 4.20. The molecule has 10 heteroatoms. The molecule has 0 aliphatic rings. The van der Waals surface area contributed by atoms with Crippen LogP contribution in [0.2, 0.25) is 0 Å². The number of nitrogens with zero attached hydrogens (tertiary/aromatic N) is 2. The van der Waals surface area contributed by atoms with Crippen LogP contribution in [0, 0.1) is 0 Å². The molecule has 4 aromatic rings. The van der Waals surface area contributed by atoms with E-state index in [1.54, 1.807) is 42.5 Å². The molecule has 0 unspecified atom stereocenters. The molecule has 0 spiro atoms. The number of para-hydroxylation sites is 1. The molecule has 2 aromatic heterocycles. The van der Waals surface area contributed by atoms with Crippen molar-refractivity contribution in [1.29, 1.82) is 0 Å². The molecule has 0 saturated carbocycles. The molecule has 0 bridgehead atoms. The highest BCUT2D eigenvalue weighted by molar-refractivity contribution is 7.91. The first kappa shape index (κ1) is 20.6. The second-order valence-corrected chi connectivity index (χ2v) is 8.66. The zero-order chi connectivity index (χ0) is 21.8.